The molecular weight excluding hydrogens is 343 g/mol. The Morgan fingerprint density at radius 3 is 2.08 bits per heavy atom. The zero-order valence-corrected chi connectivity index (χ0v) is 15.1. The molecule has 0 aliphatic carbocycles. The standard InChI is InChI=1S/C19H20Cl2N2O/c1-14(15-6-3-2-4-7-15)22-10-12-23(13-11-22)19(24)18-16(20)8-5-9-17(18)21/h2-9,14H,10-13H2,1H3. The fraction of sp³-hybridized carbons (Fsp3) is 0.316. The molecule has 2 aromatic rings. The normalized spacial score (nSPS) is 16.9. The van der Waals surface area contributed by atoms with Crippen LogP contribution in [0.15, 0.2) is 48.5 Å². The molecule has 1 heterocycles. The van der Waals surface area contributed by atoms with Crippen molar-refractivity contribution in [3.8, 4) is 0 Å². The number of carbonyl (C=O) groups is 1. The van der Waals surface area contributed by atoms with Crippen LogP contribution in [0.4, 0.5) is 0 Å². The van der Waals surface area contributed by atoms with E-state index in [9.17, 15) is 4.79 Å². The van der Waals surface area contributed by atoms with Gasteiger partial charge in [-0.25, -0.2) is 0 Å². The Kier molecular flexibility index (Phi) is 5.44. The molecule has 1 aliphatic heterocycles. The Labute approximate surface area is 152 Å². The summed E-state index contributed by atoms with van der Waals surface area (Å²) in [5.41, 5.74) is 1.71. The number of halogens is 2. The minimum absolute atomic E-state index is 0.0855. The third-order valence-corrected chi connectivity index (χ3v) is 5.24. The molecule has 0 saturated carbocycles. The highest BCUT2D eigenvalue weighted by Gasteiger charge is 2.27. The highest BCUT2D eigenvalue weighted by molar-refractivity contribution is 6.39. The summed E-state index contributed by atoms with van der Waals surface area (Å²) in [5.74, 6) is -0.0855. The lowest BCUT2D eigenvalue weighted by Crippen LogP contribution is -2.49. The zero-order valence-electron chi connectivity index (χ0n) is 13.6. The molecule has 5 heteroatoms. The van der Waals surface area contributed by atoms with Crippen LogP contribution in [-0.4, -0.2) is 41.9 Å². The average Bonchev–Trinajstić information content (AvgIpc) is 2.62. The molecule has 0 spiro atoms. The fourth-order valence-electron chi connectivity index (χ4n) is 3.11. The minimum atomic E-state index is -0.0855. The van der Waals surface area contributed by atoms with Gasteiger partial charge < -0.3 is 4.90 Å². The molecule has 0 aromatic heterocycles. The largest absolute Gasteiger partial charge is 0.336 e. The van der Waals surface area contributed by atoms with Crippen LogP contribution >= 0.6 is 23.2 Å². The summed E-state index contributed by atoms with van der Waals surface area (Å²) < 4.78 is 0. The molecule has 0 N–H and O–H groups in total. The number of hydrogen-bond donors (Lipinski definition) is 0. The monoisotopic (exact) mass is 362 g/mol. The van der Waals surface area contributed by atoms with Crippen molar-refractivity contribution in [2.75, 3.05) is 26.2 Å². The maximum absolute atomic E-state index is 12.7. The van der Waals surface area contributed by atoms with E-state index < -0.39 is 0 Å². The van der Waals surface area contributed by atoms with Crippen LogP contribution in [-0.2, 0) is 0 Å². The summed E-state index contributed by atoms with van der Waals surface area (Å²) in [4.78, 5) is 17.0. The summed E-state index contributed by atoms with van der Waals surface area (Å²) in [6.45, 7) is 5.24. The van der Waals surface area contributed by atoms with E-state index in [1.807, 2.05) is 11.0 Å². The molecule has 3 nitrogen and oxygen atoms in total. The smallest absolute Gasteiger partial charge is 0.256 e. The lowest BCUT2D eigenvalue weighted by Gasteiger charge is -2.38. The van der Waals surface area contributed by atoms with Crippen molar-refractivity contribution in [1.82, 2.24) is 9.80 Å². The van der Waals surface area contributed by atoms with Crippen LogP contribution in [0.3, 0.4) is 0 Å². The van der Waals surface area contributed by atoms with Gasteiger partial charge in [0.2, 0.25) is 0 Å². The van der Waals surface area contributed by atoms with Gasteiger partial charge in [0.15, 0.2) is 0 Å². The summed E-state index contributed by atoms with van der Waals surface area (Å²) in [6.07, 6.45) is 0. The fourth-order valence-corrected chi connectivity index (χ4v) is 3.67. The van der Waals surface area contributed by atoms with Gasteiger partial charge >= 0.3 is 0 Å². The van der Waals surface area contributed by atoms with Gasteiger partial charge in [-0.3, -0.25) is 9.69 Å². The highest BCUT2D eigenvalue weighted by atomic mass is 35.5. The summed E-state index contributed by atoms with van der Waals surface area (Å²) in [7, 11) is 0. The topological polar surface area (TPSA) is 23.6 Å². The first-order valence-corrected chi connectivity index (χ1v) is 8.86. The summed E-state index contributed by atoms with van der Waals surface area (Å²) >= 11 is 12.3. The molecular formula is C19H20Cl2N2O. The minimum Gasteiger partial charge on any atom is -0.336 e. The van der Waals surface area contributed by atoms with Crippen LogP contribution < -0.4 is 0 Å². The second-order valence-corrected chi connectivity index (χ2v) is 6.83. The van der Waals surface area contributed by atoms with Gasteiger partial charge in [0.05, 0.1) is 15.6 Å². The quantitative estimate of drug-likeness (QED) is 0.801. The molecule has 126 valence electrons. The van der Waals surface area contributed by atoms with E-state index in [-0.39, 0.29) is 5.91 Å². The third kappa shape index (κ3) is 3.59. The Balaban J connectivity index is 1.66. The molecule has 1 saturated heterocycles. The van der Waals surface area contributed by atoms with E-state index in [1.54, 1.807) is 18.2 Å². The molecule has 24 heavy (non-hydrogen) atoms. The van der Waals surface area contributed by atoms with Gasteiger partial charge in [-0.05, 0) is 24.6 Å². The lowest BCUT2D eigenvalue weighted by molar-refractivity contribution is 0.0582. The van der Waals surface area contributed by atoms with Gasteiger partial charge in [-0.15, -0.1) is 0 Å². The van der Waals surface area contributed by atoms with Crippen LogP contribution in [0.2, 0.25) is 10.0 Å². The Hall–Kier alpha value is -1.55. The number of carbonyl (C=O) groups excluding carboxylic acids is 1. The molecule has 1 atom stereocenters. The molecule has 3 rings (SSSR count). The van der Waals surface area contributed by atoms with Crippen molar-refractivity contribution in [2.45, 2.75) is 13.0 Å². The summed E-state index contributed by atoms with van der Waals surface area (Å²) in [6, 6.07) is 15.9. The van der Waals surface area contributed by atoms with Gasteiger partial charge in [0.1, 0.15) is 0 Å². The van der Waals surface area contributed by atoms with E-state index in [2.05, 4.69) is 36.1 Å². The van der Waals surface area contributed by atoms with E-state index >= 15 is 0 Å². The van der Waals surface area contributed by atoms with E-state index in [0.717, 1.165) is 13.1 Å². The molecule has 1 fully saturated rings. The first-order chi connectivity index (χ1) is 11.6. The van der Waals surface area contributed by atoms with Gasteiger partial charge in [0.25, 0.3) is 5.91 Å². The number of benzene rings is 2. The second kappa shape index (κ2) is 7.56. The van der Waals surface area contributed by atoms with Crippen molar-refractivity contribution in [3.05, 3.63) is 69.7 Å². The SMILES string of the molecule is CC(c1ccccc1)N1CCN(C(=O)c2c(Cl)cccc2Cl)CC1. The van der Waals surface area contributed by atoms with Crippen LogP contribution in [0.1, 0.15) is 28.9 Å². The maximum atomic E-state index is 12.7. The number of nitrogens with zero attached hydrogens (tertiary/aromatic N) is 2. The number of hydrogen-bond acceptors (Lipinski definition) is 2. The van der Waals surface area contributed by atoms with E-state index in [4.69, 9.17) is 23.2 Å². The second-order valence-electron chi connectivity index (χ2n) is 6.01. The van der Waals surface area contributed by atoms with Crippen molar-refractivity contribution < 1.29 is 4.79 Å². The Morgan fingerprint density at radius 1 is 0.917 bits per heavy atom. The molecule has 0 bridgehead atoms. The van der Waals surface area contributed by atoms with Crippen molar-refractivity contribution in [2.24, 2.45) is 0 Å². The van der Waals surface area contributed by atoms with Crippen LogP contribution in [0.25, 0.3) is 0 Å². The highest BCUT2D eigenvalue weighted by Crippen LogP contribution is 2.27. The van der Waals surface area contributed by atoms with Gasteiger partial charge in [-0.1, -0.05) is 59.6 Å². The molecule has 1 aliphatic rings. The molecule has 1 amide bonds. The molecule has 1 unspecified atom stereocenters. The van der Waals surface area contributed by atoms with Crippen LogP contribution in [0.5, 0.6) is 0 Å². The number of piperazine rings is 1. The van der Waals surface area contributed by atoms with E-state index in [1.165, 1.54) is 5.56 Å². The Morgan fingerprint density at radius 2 is 1.50 bits per heavy atom. The van der Waals surface area contributed by atoms with E-state index in [0.29, 0.717) is 34.7 Å². The first-order valence-electron chi connectivity index (χ1n) is 8.10. The zero-order chi connectivity index (χ0) is 17.1. The maximum Gasteiger partial charge on any atom is 0.256 e. The average molecular weight is 363 g/mol. The van der Waals surface area contributed by atoms with Crippen LogP contribution in [0, 0.1) is 0 Å². The van der Waals surface area contributed by atoms with Crippen molar-refractivity contribution in [3.63, 3.8) is 0 Å². The molecule has 0 radical (unpaired) electrons. The predicted molar refractivity (Wildman–Crippen MR) is 98.8 cm³/mol. The van der Waals surface area contributed by atoms with Crippen molar-refractivity contribution in [1.29, 1.82) is 0 Å². The molecule has 2 aromatic carbocycles. The number of rotatable bonds is 3. The van der Waals surface area contributed by atoms with Crippen molar-refractivity contribution >= 4 is 29.1 Å². The predicted octanol–water partition coefficient (Wildman–Crippen LogP) is 4.51. The third-order valence-electron chi connectivity index (χ3n) is 4.61. The summed E-state index contributed by atoms with van der Waals surface area (Å²) in [5, 5.41) is 0.820. The first kappa shape index (κ1) is 17.3. The Bertz CT molecular complexity index is 692. The number of amides is 1. The lowest BCUT2D eigenvalue weighted by atomic mass is 10.1. The van der Waals surface area contributed by atoms with Gasteiger partial charge in [-0.2, -0.15) is 0 Å². The van der Waals surface area contributed by atoms with Gasteiger partial charge in [0, 0.05) is 32.2 Å².